The summed E-state index contributed by atoms with van der Waals surface area (Å²) in [6, 6.07) is 2.29. The molecule has 1 unspecified atom stereocenters. The van der Waals surface area contributed by atoms with E-state index in [9.17, 15) is 4.79 Å². The molecule has 0 aromatic carbocycles. The van der Waals surface area contributed by atoms with Crippen LogP contribution in [0.1, 0.15) is 52.4 Å². The van der Waals surface area contributed by atoms with Crippen LogP contribution in [0.25, 0.3) is 0 Å². The van der Waals surface area contributed by atoms with Gasteiger partial charge in [0.25, 0.3) is 0 Å². The zero-order chi connectivity index (χ0) is 11.0. The van der Waals surface area contributed by atoms with Crippen LogP contribution >= 0.6 is 0 Å². The average Bonchev–Trinajstić information content (AvgIpc) is 2.19. The van der Waals surface area contributed by atoms with Gasteiger partial charge in [0.15, 0.2) is 0 Å². The van der Waals surface area contributed by atoms with E-state index in [2.05, 4.69) is 13.0 Å². The summed E-state index contributed by atoms with van der Waals surface area (Å²) >= 11 is 0. The van der Waals surface area contributed by atoms with Gasteiger partial charge in [-0.25, -0.2) is 0 Å². The van der Waals surface area contributed by atoms with Crippen molar-refractivity contribution in [1.82, 2.24) is 0 Å². The predicted molar refractivity (Wildman–Crippen MR) is 54.7 cm³/mol. The molecule has 0 aliphatic carbocycles. The summed E-state index contributed by atoms with van der Waals surface area (Å²) in [5.74, 6) is -0.811. The lowest BCUT2D eigenvalue weighted by molar-refractivity contribution is -0.137. The summed E-state index contributed by atoms with van der Waals surface area (Å²) in [6.07, 6.45) is 4.21. The van der Waals surface area contributed by atoms with Crippen LogP contribution in [0.4, 0.5) is 0 Å². The van der Waals surface area contributed by atoms with Crippen LogP contribution in [0.15, 0.2) is 0 Å². The Bertz CT molecular complexity index is 220. The van der Waals surface area contributed by atoms with Gasteiger partial charge in [-0.1, -0.05) is 26.7 Å². The molecular formula is C11H19NO2. The molecule has 0 aliphatic rings. The largest absolute Gasteiger partial charge is 0.481 e. The van der Waals surface area contributed by atoms with Crippen LogP contribution in [0.5, 0.6) is 0 Å². The van der Waals surface area contributed by atoms with Crippen molar-refractivity contribution in [3.63, 3.8) is 0 Å². The molecule has 0 bridgehead atoms. The van der Waals surface area contributed by atoms with Crippen molar-refractivity contribution in [1.29, 1.82) is 5.26 Å². The van der Waals surface area contributed by atoms with Crippen molar-refractivity contribution >= 4 is 5.97 Å². The van der Waals surface area contributed by atoms with E-state index in [0.29, 0.717) is 6.42 Å². The normalized spacial score (nSPS) is 14.4. The van der Waals surface area contributed by atoms with Crippen molar-refractivity contribution in [2.75, 3.05) is 0 Å². The zero-order valence-corrected chi connectivity index (χ0v) is 9.05. The van der Waals surface area contributed by atoms with Gasteiger partial charge in [-0.05, 0) is 19.3 Å². The Hall–Kier alpha value is -1.04. The van der Waals surface area contributed by atoms with E-state index in [0.717, 1.165) is 25.7 Å². The number of nitrogens with zero attached hydrogens (tertiary/aromatic N) is 1. The second kappa shape index (κ2) is 6.42. The number of hydrogen-bond acceptors (Lipinski definition) is 2. The molecule has 0 saturated carbocycles. The Morgan fingerprint density at radius 1 is 1.43 bits per heavy atom. The highest BCUT2D eigenvalue weighted by molar-refractivity contribution is 5.66. The van der Waals surface area contributed by atoms with Crippen molar-refractivity contribution in [2.45, 2.75) is 52.4 Å². The molecule has 0 radical (unpaired) electrons. The molecule has 1 N–H and O–H groups in total. The van der Waals surface area contributed by atoms with Gasteiger partial charge in [0.2, 0.25) is 0 Å². The Morgan fingerprint density at radius 2 is 2.07 bits per heavy atom. The molecule has 3 heteroatoms. The maximum atomic E-state index is 10.4. The predicted octanol–water partition coefficient (Wildman–Crippen LogP) is 2.96. The lowest BCUT2D eigenvalue weighted by Crippen LogP contribution is -2.19. The van der Waals surface area contributed by atoms with Gasteiger partial charge in [0.1, 0.15) is 0 Å². The lowest BCUT2D eigenvalue weighted by Gasteiger charge is -2.23. The van der Waals surface area contributed by atoms with Gasteiger partial charge in [-0.3, -0.25) is 4.79 Å². The summed E-state index contributed by atoms with van der Waals surface area (Å²) in [4.78, 5) is 10.4. The lowest BCUT2D eigenvalue weighted by atomic mass is 9.78. The third-order valence-corrected chi connectivity index (χ3v) is 2.74. The van der Waals surface area contributed by atoms with E-state index in [1.807, 2.05) is 6.92 Å². The number of carboxylic acid groups (broad SMARTS) is 1. The Balaban J connectivity index is 4.23. The van der Waals surface area contributed by atoms with E-state index in [1.54, 1.807) is 0 Å². The average molecular weight is 197 g/mol. The van der Waals surface area contributed by atoms with Gasteiger partial charge in [0.05, 0.1) is 11.5 Å². The highest BCUT2D eigenvalue weighted by Crippen LogP contribution is 2.33. The minimum absolute atomic E-state index is 0.102. The summed E-state index contributed by atoms with van der Waals surface area (Å²) in [7, 11) is 0. The molecule has 0 rings (SSSR count). The van der Waals surface area contributed by atoms with Crippen LogP contribution in [0.3, 0.4) is 0 Å². The summed E-state index contributed by atoms with van der Waals surface area (Å²) < 4.78 is 0. The first kappa shape index (κ1) is 13.0. The second-order valence-electron chi connectivity index (χ2n) is 3.74. The van der Waals surface area contributed by atoms with Gasteiger partial charge in [0, 0.05) is 6.42 Å². The van der Waals surface area contributed by atoms with E-state index >= 15 is 0 Å². The highest BCUT2D eigenvalue weighted by atomic mass is 16.4. The Morgan fingerprint density at radius 3 is 2.43 bits per heavy atom. The maximum absolute atomic E-state index is 10.4. The van der Waals surface area contributed by atoms with Crippen LogP contribution < -0.4 is 0 Å². The first-order valence-corrected chi connectivity index (χ1v) is 5.23. The minimum Gasteiger partial charge on any atom is -0.481 e. The first-order valence-electron chi connectivity index (χ1n) is 5.23. The number of unbranched alkanes of at least 4 members (excludes halogenated alkanes) is 1. The highest BCUT2D eigenvalue weighted by Gasteiger charge is 2.27. The number of carboxylic acids is 1. The number of hydrogen-bond donors (Lipinski definition) is 1. The smallest absolute Gasteiger partial charge is 0.303 e. The third-order valence-electron chi connectivity index (χ3n) is 2.74. The van der Waals surface area contributed by atoms with Gasteiger partial charge >= 0.3 is 5.97 Å². The molecule has 0 aliphatic heterocycles. The fraction of sp³-hybridized carbons (Fsp3) is 0.818. The second-order valence-corrected chi connectivity index (χ2v) is 3.74. The van der Waals surface area contributed by atoms with Crippen LogP contribution in [0, 0.1) is 16.7 Å². The fourth-order valence-corrected chi connectivity index (χ4v) is 1.53. The standard InChI is InChI=1S/C11H19NO2/c1-3-5-7-11(4-2,9-12)8-6-10(13)14/h3-8H2,1-2H3,(H,13,14). The Kier molecular flexibility index (Phi) is 5.94. The van der Waals surface area contributed by atoms with Gasteiger partial charge < -0.3 is 5.11 Å². The maximum Gasteiger partial charge on any atom is 0.303 e. The van der Waals surface area contributed by atoms with Crippen molar-refractivity contribution in [2.24, 2.45) is 5.41 Å². The molecular weight excluding hydrogens is 178 g/mol. The molecule has 0 amide bonds. The number of nitriles is 1. The molecule has 1 atom stereocenters. The van der Waals surface area contributed by atoms with Crippen LogP contribution in [-0.4, -0.2) is 11.1 Å². The number of aliphatic carboxylic acids is 1. The van der Waals surface area contributed by atoms with E-state index < -0.39 is 11.4 Å². The van der Waals surface area contributed by atoms with Crippen molar-refractivity contribution < 1.29 is 9.90 Å². The van der Waals surface area contributed by atoms with Gasteiger partial charge in [-0.2, -0.15) is 5.26 Å². The monoisotopic (exact) mass is 197 g/mol. The zero-order valence-electron chi connectivity index (χ0n) is 9.05. The van der Waals surface area contributed by atoms with Crippen molar-refractivity contribution in [3.05, 3.63) is 0 Å². The first-order chi connectivity index (χ1) is 6.60. The van der Waals surface area contributed by atoms with Crippen LogP contribution in [-0.2, 0) is 4.79 Å². The SMILES string of the molecule is CCCCC(C#N)(CC)CCC(=O)O. The van der Waals surface area contributed by atoms with E-state index in [-0.39, 0.29) is 6.42 Å². The minimum atomic E-state index is -0.811. The summed E-state index contributed by atoms with van der Waals surface area (Å²) in [6.45, 7) is 4.04. The Labute approximate surface area is 85.7 Å². The van der Waals surface area contributed by atoms with Crippen LogP contribution in [0.2, 0.25) is 0 Å². The quantitative estimate of drug-likeness (QED) is 0.682. The molecule has 14 heavy (non-hydrogen) atoms. The number of carbonyl (C=O) groups is 1. The number of rotatable bonds is 7. The molecule has 3 nitrogen and oxygen atoms in total. The molecule has 0 aromatic rings. The van der Waals surface area contributed by atoms with E-state index in [4.69, 9.17) is 10.4 Å². The molecule has 0 aromatic heterocycles. The molecule has 0 fully saturated rings. The molecule has 0 saturated heterocycles. The summed E-state index contributed by atoms with van der Waals surface area (Å²) in [5, 5.41) is 17.7. The fourth-order valence-electron chi connectivity index (χ4n) is 1.53. The van der Waals surface area contributed by atoms with E-state index in [1.165, 1.54) is 0 Å². The third kappa shape index (κ3) is 4.27. The summed E-state index contributed by atoms with van der Waals surface area (Å²) in [5.41, 5.74) is -0.408. The van der Waals surface area contributed by atoms with Gasteiger partial charge in [-0.15, -0.1) is 0 Å². The molecule has 0 heterocycles. The molecule has 0 spiro atoms. The van der Waals surface area contributed by atoms with Crippen molar-refractivity contribution in [3.8, 4) is 6.07 Å². The molecule has 80 valence electrons. The topological polar surface area (TPSA) is 61.1 Å².